The zero-order chi connectivity index (χ0) is 19.2. The number of nitrogens with zero attached hydrogens (tertiary/aromatic N) is 1. The van der Waals surface area contributed by atoms with Crippen LogP contribution in [0.1, 0.15) is 19.3 Å². The van der Waals surface area contributed by atoms with Crippen molar-refractivity contribution in [2.45, 2.75) is 25.3 Å². The number of anilines is 1. The van der Waals surface area contributed by atoms with Gasteiger partial charge in [0.25, 0.3) is 0 Å². The van der Waals surface area contributed by atoms with E-state index in [-0.39, 0.29) is 18.2 Å². The number of amides is 2. The van der Waals surface area contributed by atoms with E-state index in [9.17, 15) is 9.59 Å². The summed E-state index contributed by atoms with van der Waals surface area (Å²) in [6.07, 6.45) is 3.37. The molecule has 0 radical (unpaired) electrons. The van der Waals surface area contributed by atoms with E-state index in [0.29, 0.717) is 13.0 Å². The van der Waals surface area contributed by atoms with E-state index < -0.39 is 6.04 Å². The minimum atomic E-state index is -0.407. The van der Waals surface area contributed by atoms with Crippen molar-refractivity contribution >= 4 is 17.5 Å². The summed E-state index contributed by atoms with van der Waals surface area (Å²) >= 11 is 0. The van der Waals surface area contributed by atoms with Crippen LogP contribution >= 0.6 is 0 Å². The highest BCUT2D eigenvalue weighted by molar-refractivity contribution is 5.97. The van der Waals surface area contributed by atoms with Gasteiger partial charge in [0, 0.05) is 18.7 Å². The summed E-state index contributed by atoms with van der Waals surface area (Å²) < 4.78 is 5.26. The second-order valence-corrected chi connectivity index (χ2v) is 6.54. The molecule has 1 saturated heterocycles. The molecule has 0 saturated carbocycles. The Morgan fingerprint density at radius 3 is 2.70 bits per heavy atom. The number of carbonyl (C=O) groups is 2. The van der Waals surface area contributed by atoms with Crippen LogP contribution in [0.3, 0.4) is 0 Å². The topological polar surface area (TPSA) is 58.6 Å². The molecule has 5 heteroatoms. The first-order chi connectivity index (χ1) is 13.1. The van der Waals surface area contributed by atoms with Gasteiger partial charge >= 0.3 is 0 Å². The van der Waals surface area contributed by atoms with E-state index in [1.54, 1.807) is 18.1 Å². The van der Waals surface area contributed by atoms with E-state index in [1.165, 1.54) is 0 Å². The number of likely N-dealkylation sites (tertiary alicyclic amines) is 1. The molecule has 2 aromatic rings. The van der Waals surface area contributed by atoms with E-state index in [2.05, 4.69) is 11.9 Å². The van der Waals surface area contributed by atoms with Gasteiger partial charge in [0.2, 0.25) is 11.8 Å². The number of carbonyl (C=O) groups excluding carboxylic acids is 2. The van der Waals surface area contributed by atoms with Crippen molar-refractivity contribution in [2.24, 2.45) is 0 Å². The summed E-state index contributed by atoms with van der Waals surface area (Å²) in [6, 6.07) is 15.1. The molecule has 1 N–H and O–H groups in total. The van der Waals surface area contributed by atoms with Gasteiger partial charge < -0.3 is 15.0 Å². The van der Waals surface area contributed by atoms with Gasteiger partial charge in [-0.1, -0.05) is 30.3 Å². The lowest BCUT2D eigenvalue weighted by atomic mass is 10.0. The summed E-state index contributed by atoms with van der Waals surface area (Å²) in [7, 11) is 1.64. The highest BCUT2D eigenvalue weighted by Gasteiger charge is 2.33. The van der Waals surface area contributed by atoms with Gasteiger partial charge in [-0.15, -0.1) is 6.58 Å². The molecule has 1 aliphatic heterocycles. The summed E-state index contributed by atoms with van der Waals surface area (Å²) in [5.74, 6) is 0.616. The van der Waals surface area contributed by atoms with Crippen molar-refractivity contribution in [3.05, 3.63) is 61.2 Å². The van der Waals surface area contributed by atoms with Crippen LogP contribution < -0.4 is 10.1 Å². The largest absolute Gasteiger partial charge is 0.497 e. The molecule has 1 fully saturated rings. The normalized spacial score (nSPS) is 16.0. The standard InChI is InChI=1S/C22H24N2O3/c1-3-6-21(25)24-14-5-9-20(24)22(26)23-18-12-10-16(11-13-18)17-7-4-8-19(15-17)27-2/h3-4,7-8,10-13,15,20H,1,5-6,9,14H2,2H3,(H,23,26)/t20-/m0/s1. The van der Waals surface area contributed by atoms with Crippen LogP contribution in [-0.2, 0) is 9.59 Å². The van der Waals surface area contributed by atoms with Crippen molar-refractivity contribution in [3.63, 3.8) is 0 Å². The van der Waals surface area contributed by atoms with Crippen molar-refractivity contribution in [3.8, 4) is 16.9 Å². The third kappa shape index (κ3) is 4.37. The van der Waals surface area contributed by atoms with Crippen LogP contribution in [0.5, 0.6) is 5.75 Å². The minimum absolute atomic E-state index is 0.0453. The van der Waals surface area contributed by atoms with E-state index in [4.69, 9.17) is 4.74 Å². The molecule has 3 rings (SSSR count). The Balaban J connectivity index is 1.68. The average molecular weight is 364 g/mol. The van der Waals surface area contributed by atoms with E-state index >= 15 is 0 Å². The molecular weight excluding hydrogens is 340 g/mol. The number of nitrogens with one attached hydrogen (secondary N) is 1. The van der Waals surface area contributed by atoms with E-state index in [0.717, 1.165) is 29.0 Å². The molecule has 0 bridgehead atoms. The molecule has 140 valence electrons. The monoisotopic (exact) mass is 364 g/mol. The van der Waals surface area contributed by atoms with E-state index in [1.807, 2.05) is 48.5 Å². The Morgan fingerprint density at radius 1 is 1.22 bits per heavy atom. The fraction of sp³-hybridized carbons (Fsp3) is 0.273. The van der Waals surface area contributed by atoms with Crippen LogP contribution in [0.15, 0.2) is 61.2 Å². The Kier molecular flexibility index (Phi) is 5.91. The third-order valence-electron chi connectivity index (χ3n) is 4.75. The lowest BCUT2D eigenvalue weighted by molar-refractivity contribution is -0.135. The first kappa shape index (κ1) is 18.7. The first-order valence-electron chi connectivity index (χ1n) is 9.08. The maximum Gasteiger partial charge on any atom is 0.247 e. The Labute approximate surface area is 159 Å². The second-order valence-electron chi connectivity index (χ2n) is 6.54. The third-order valence-corrected chi connectivity index (χ3v) is 4.75. The predicted molar refractivity (Wildman–Crippen MR) is 107 cm³/mol. The summed E-state index contributed by atoms with van der Waals surface area (Å²) in [6.45, 7) is 4.22. The zero-order valence-corrected chi connectivity index (χ0v) is 15.5. The number of benzene rings is 2. The fourth-order valence-electron chi connectivity index (χ4n) is 3.35. The van der Waals surface area contributed by atoms with Crippen molar-refractivity contribution in [1.29, 1.82) is 0 Å². The smallest absolute Gasteiger partial charge is 0.247 e. The van der Waals surface area contributed by atoms with Gasteiger partial charge in [-0.3, -0.25) is 9.59 Å². The van der Waals surface area contributed by atoms with Crippen LogP contribution in [0.4, 0.5) is 5.69 Å². The molecule has 2 aromatic carbocycles. The molecule has 0 aliphatic carbocycles. The average Bonchev–Trinajstić information content (AvgIpc) is 3.19. The number of rotatable bonds is 6. The Hall–Kier alpha value is -3.08. The molecule has 0 spiro atoms. The van der Waals surface area contributed by atoms with Gasteiger partial charge in [0.15, 0.2) is 0 Å². The van der Waals surface area contributed by atoms with Crippen molar-refractivity contribution in [2.75, 3.05) is 19.0 Å². The second kappa shape index (κ2) is 8.54. The van der Waals surface area contributed by atoms with Gasteiger partial charge in [-0.05, 0) is 48.2 Å². The van der Waals surface area contributed by atoms with Gasteiger partial charge in [0.1, 0.15) is 11.8 Å². The summed E-state index contributed by atoms with van der Waals surface area (Å²) in [5.41, 5.74) is 2.80. The predicted octanol–water partition coefficient (Wildman–Crippen LogP) is 3.87. The number of hydrogen-bond donors (Lipinski definition) is 1. The van der Waals surface area contributed by atoms with Crippen LogP contribution in [0.25, 0.3) is 11.1 Å². The molecule has 1 aliphatic rings. The van der Waals surface area contributed by atoms with Crippen molar-refractivity contribution in [1.82, 2.24) is 4.90 Å². The summed E-state index contributed by atoms with van der Waals surface area (Å²) in [4.78, 5) is 26.4. The van der Waals surface area contributed by atoms with Crippen LogP contribution in [0, 0.1) is 0 Å². The molecular formula is C22H24N2O3. The summed E-state index contributed by atoms with van der Waals surface area (Å²) in [5, 5.41) is 2.93. The van der Waals surface area contributed by atoms with Gasteiger partial charge in [0.05, 0.1) is 7.11 Å². The molecule has 0 unspecified atom stereocenters. The number of methoxy groups -OCH3 is 1. The number of hydrogen-bond acceptors (Lipinski definition) is 3. The maximum absolute atomic E-state index is 12.6. The first-order valence-corrected chi connectivity index (χ1v) is 9.08. The molecule has 2 amide bonds. The van der Waals surface area contributed by atoms with Crippen molar-refractivity contribution < 1.29 is 14.3 Å². The van der Waals surface area contributed by atoms with Gasteiger partial charge in [-0.2, -0.15) is 0 Å². The lowest BCUT2D eigenvalue weighted by Gasteiger charge is -2.23. The molecule has 0 aromatic heterocycles. The molecule has 27 heavy (non-hydrogen) atoms. The lowest BCUT2D eigenvalue weighted by Crippen LogP contribution is -2.42. The Bertz CT molecular complexity index is 830. The van der Waals surface area contributed by atoms with Gasteiger partial charge in [-0.25, -0.2) is 0 Å². The number of ether oxygens (including phenoxy) is 1. The quantitative estimate of drug-likeness (QED) is 0.792. The highest BCUT2D eigenvalue weighted by Crippen LogP contribution is 2.26. The van der Waals surface area contributed by atoms with Crippen LogP contribution in [-0.4, -0.2) is 36.4 Å². The van der Waals surface area contributed by atoms with Crippen LogP contribution in [0.2, 0.25) is 0 Å². The molecule has 1 heterocycles. The minimum Gasteiger partial charge on any atom is -0.497 e. The zero-order valence-electron chi connectivity index (χ0n) is 15.5. The molecule has 5 nitrogen and oxygen atoms in total. The SMILES string of the molecule is C=CCC(=O)N1CCC[C@H]1C(=O)Nc1ccc(-c2cccc(OC)c2)cc1. The molecule has 1 atom stereocenters. The fourth-order valence-corrected chi connectivity index (χ4v) is 3.35. The highest BCUT2D eigenvalue weighted by atomic mass is 16.5. The maximum atomic E-state index is 12.6. The Morgan fingerprint density at radius 2 is 2.00 bits per heavy atom.